The fourth-order valence-corrected chi connectivity index (χ4v) is 4.38. The number of aromatic nitrogens is 2. The van der Waals surface area contributed by atoms with Crippen LogP contribution >= 0.6 is 0 Å². The first kappa shape index (κ1) is 20.4. The summed E-state index contributed by atoms with van der Waals surface area (Å²) in [4.78, 5) is 0. The van der Waals surface area contributed by atoms with Gasteiger partial charge in [0.15, 0.2) is 0 Å². The average Bonchev–Trinajstić information content (AvgIpc) is 3.42. The Morgan fingerprint density at radius 3 is 2.00 bits per heavy atom. The summed E-state index contributed by atoms with van der Waals surface area (Å²) < 4.78 is 40.7. The van der Waals surface area contributed by atoms with Crippen LogP contribution in [0.1, 0.15) is 33.9 Å². The summed E-state index contributed by atoms with van der Waals surface area (Å²) in [5, 5.41) is 8.22. The van der Waals surface area contributed by atoms with Gasteiger partial charge in [-0.2, -0.15) is 18.3 Å². The number of nitrogens with zero attached hydrogens (tertiary/aromatic N) is 2. The lowest BCUT2D eigenvalue weighted by molar-refractivity contribution is -0.137. The maximum absolute atomic E-state index is 13.0. The van der Waals surface area contributed by atoms with Crippen molar-refractivity contribution in [2.45, 2.75) is 24.9 Å². The maximum Gasteiger partial charge on any atom is 0.416 e. The molecule has 0 radical (unpaired) electrons. The van der Waals surface area contributed by atoms with E-state index in [2.05, 4.69) is 29.6 Å². The fraction of sp³-hybridized carbons (Fsp3) is 0.192. The minimum atomic E-state index is -4.35. The number of hydrogen-bond acceptors (Lipinski definition) is 2. The molecule has 0 saturated carbocycles. The fourth-order valence-electron chi connectivity index (χ4n) is 4.38. The predicted octanol–water partition coefficient (Wildman–Crippen LogP) is 6.23. The number of nitrogens with one attached hydrogen (secondary N) is 1. The number of rotatable bonds is 5. The molecule has 2 heterocycles. The van der Waals surface area contributed by atoms with Crippen LogP contribution in [0.25, 0.3) is 5.69 Å². The largest absolute Gasteiger partial charge is 0.416 e. The van der Waals surface area contributed by atoms with Crippen molar-refractivity contribution in [2.24, 2.45) is 0 Å². The van der Waals surface area contributed by atoms with Crippen molar-refractivity contribution in [3.63, 3.8) is 0 Å². The van der Waals surface area contributed by atoms with Gasteiger partial charge in [-0.05, 0) is 41.8 Å². The first-order chi connectivity index (χ1) is 15.5. The van der Waals surface area contributed by atoms with Gasteiger partial charge in [0.1, 0.15) is 5.82 Å². The number of anilines is 1. The highest BCUT2D eigenvalue weighted by molar-refractivity contribution is 5.57. The Hall–Kier alpha value is -3.54. The SMILES string of the molecule is FC(F)(F)c1ccc(-n2nc(CC(c3ccccc3)c3ccccc3)c3c2NCC3)cc1. The molecule has 0 unspecified atom stereocenters. The standard InChI is InChI=1S/C26H22F3N3/c27-26(28,29)20-11-13-21(14-12-20)32-25-22(15-16-30-25)24(31-32)17-23(18-7-3-1-4-8-18)19-9-5-2-6-10-19/h1-14,23,30H,15-17H2. The molecule has 4 aromatic rings. The molecule has 5 rings (SSSR count). The summed E-state index contributed by atoms with van der Waals surface area (Å²) in [6.07, 6.45) is -2.79. The van der Waals surface area contributed by atoms with E-state index in [4.69, 9.17) is 5.10 Å². The molecule has 1 aromatic heterocycles. The molecule has 162 valence electrons. The molecule has 3 nitrogen and oxygen atoms in total. The maximum atomic E-state index is 13.0. The highest BCUT2D eigenvalue weighted by Crippen LogP contribution is 2.35. The molecule has 0 bridgehead atoms. The average molecular weight is 433 g/mol. The zero-order chi connectivity index (χ0) is 22.1. The smallest absolute Gasteiger partial charge is 0.369 e. The Labute approximate surface area is 184 Å². The van der Waals surface area contributed by atoms with Gasteiger partial charge in [-0.25, -0.2) is 4.68 Å². The Bertz CT molecular complexity index is 1160. The molecule has 0 aliphatic carbocycles. The van der Waals surface area contributed by atoms with Crippen LogP contribution in [-0.2, 0) is 19.0 Å². The van der Waals surface area contributed by atoms with Crippen LogP contribution < -0.4 is 5.32 Å². The third-order valence-corrected chi connectivity index (χ3v) is 5.97. The van der Waals surface area contributed by atoms with Crippen LogP contribution in [0.5, 0.6) is 0 Å². The third kappa shape index (κ3) is 3.88. The van der Waals surface area contributed by atoms with E-state index in [1.54, 1.807) is 4.68 Å². The first-order valence-corrected chi connectivity index (χ1v) is 10.6. The molecule has 0 spiro atoms. The number of halogens is 3. The molecule has 32 heavy (non-hydrogen) atoms. The second-order valence-corrected chi connectivity index (χ2v) is 7.99. The van der Waals surface area contributed by atoms with Gasteiger partial charge in [0.25, 0.3) is 0 Å². The second-order valence-electron chi connectivity index (χ2n) is 7.99. The topological polar surface area (TPSA) is 29.9 Å². The van der Waals surface area contributed by atoms with Gasteiger partial charge in [0.05, 0.1) is 16.9 Å². The van der Waals surface area contributed by atoms with E-state index in [9.17, 15) is 13.2 Å². The zero-order valence-electron chi connectivity index (χ0n) is 17.3. The van der Waals surface area contributed by atoms with Crippen LogP contribution in [0.2, 0.25) is 0 Å². The van der Waals surface area contributed by atoms with Gasteiger partial charge in [0.2, 0.25) is 0 Å². The summed E-state index contributed by atoms with van der Waals surface area (Å²) in [5.74, 6) is 1.01. The Morgan fingerprint density at radius 2 is 1.44 bits per heavy atom. The quantitative estimate of drug-likeness (QED) is 0.404. The summed E-state index contributed by atoms with van der Waals surface area (Å²) in [6.45, 7) is 0.794. The normalized spacial score (nSPS) is 13.2. The molecule has 1 N–H and O–H groups in total. The molecule has 3 aromatic carbocycles. The minimum absolute atomic E-state index is 0.137. The van der Waals surface area contributed by atoms with Crippen molar-refractivity contribution >= 4 is 5.82 Å². The molecular formula is C26H22F3N3. The zero-order valence-corrected chi connectivity index (χ0v) is 17.3. The molecule has 0 fully saturated rings. The van der Waals surface area contributed by atoms with Crippen LogP contribution in [0, 0.1) is 0 Å². The molecular weight excluding hydrogens is 411 g/mol. The number of alkyl halides is 3. The van der Waals surface area contributed by atoms with E-state index in [0.29, 0.717) is 12.1 Å². The van der Waals surface area contributed by atoms with Crippen molar-refractivity contribution in [3.05, 3.63) is 113 Å². The monoisotopic (exact) mass is 433 g/mol. The Morgan fingerprint density at radius 1 is 0.844 bits per heavy atom. The van der Waals surface area contributed by atoms with Crippen molar-refractivity contribution in [1.82, 2.24) is 9.78 Å². The number of benzene rings is 3. The van der Waals surface area contributed by atoms with Crippen LogP contribution in [0.3, 0.4) is 0 Å². The molecule has 6 heteroatoms. The van der Waals surface area contributed by atoms with Crippen LogP contribution in [0.4, 0.5) is 19.0 Å². The van der Waals surface area contributed by atoms with Gasteiger partial charge in [-0.15, -0.1) is 0 Å². The Balaban J connectivity index is 1.53. The Kier molecular flexibility index (Phi) is 5.21. The van der Waals surface area contributed by atoms with Gasteiger partial charge < -0.3 is 5.32 Å². The van der Waals surface area contributed by atoms with E-state index in [0.717, 1.165) is 42.2 Å². The highest BCUT2D eigenvalue weighted by atomic mass is 19.4. The second kappa shape index (κ2) is 8.19. The van der Waals surface area contributed by atoms with Gasteiger partial charge in [-0.1, -0.05) is 60.7 Å². The third-order valence-electron chi connectivity index (χ3n) is 5.97. The van der Waals surface area contributed by atoms with E-state index in [-0.39, 0.29) is 5.92 Å². The molecule has 0 amide bonds. The molecule has 0 atom stereocenters. The van der Waals surface area contributed by atoms with Gasteiger partial charge in [0, 0.05) is 24.4 Å². The number of fused-ring (bicyclic) bond motifs is 1. The van der Waals surface area contributed by atoms with Crippen LogP contribution in [0.15, 0.2) is 84.9 Å². The summed E-state index contributed by atoms with van der Waals surface area (Å²) in [5.41, 5.74) is 4.49. The molecule has 0 saturated heterocycles. The van der Waals surface area contributed by atoms with E-state index in [1.165, 1.54) is 23.3 Å². The lowest BCUT2D eigenvalue weighted by Gasteiger charge is -2.17. The predicted molar refractivity (Wildman–Crippen MR) is 119 cm³/mol. The molecule has 1 aliphatic rings. The summed E-state index contributed by atoms with van der Waals surface area (Å²) in [7, 11) is 0. The van der Waals surface area contributed by atoms with E-state index >= 15 is 0 Å². The molecule has 1 aliphatic heterocycles. The highest BCUT2D eigenvalue weighted by Gasteiger charge is 2.31. The number of hydrogen-bond donors (Lipinski definition) is 1. The van der Waals surface area contributed by atoms with E-state index < -0.39 is 11.7 Å². The van der Waals surface area contributed by atoms with Crippen LogP contribution in [-0.4, -0.2) is 16.3 Å². The summed E-state index contributed by atoms with van der Waals surface area (Å²) in [6, 6.07) is 25.9. The first-order valence-electron chi connectivity index (χ1n) is 10.6. The van der Waals surface area contributed by atoms with Crippen molar-refractivity contribution in [2.75, 3.05) is 11.9 Å². The van der Waals surface area contributed by atoms with Crippen molar-refractivity contribution in [1.29, 1.82) is 0 Å². The van der Waals surface area contributed by atoms with Crippen molar-refractivity contribution in [3.8, 4) is 5.69 Å². The van der Waals surface area contributed by atoms with Crippen molar-refractivity contribution < 1.29 is 13.2 Å². The van der Waals surface area contributed by atoms with Gasteiger partial charge >= 0.3 is 6.18 Å². The lowest BCUT2D eigenvalue weighted by atomic mass is 9.86. The minimum Gasteiger partial charge on any atom is -0.369 e. The summed E-state index contributed by atoms with van der Waals surface area (Å²) >= 11 is 0. The van der Waals surface area contributed by atoms with Gasteiger partial charge in [-0.3, -0.25) is 0 Å². The lowest BCUT2D eigenvalue weighted by Crippen LogP contribution is -2.09. The van der Waals surface area contributed by atoms with E-state index in [1.807, 2.05) is 36.4 Å².